The van der Waals surface area contributed by atoms with E-state index in [1.165, 1.54) is 44.5 Å². The largest absolute Gasteiger partial charge is 4.00 e. The minimum absolute atomic E-state index is 0. The third-order valence-electron chi connectivity index (χ3n) is 5.64. The molecule has 1 aliphatic rings. The van der Waals surface area contributed by atoms with E-state index < -0.39 is 0 Å². The molecule has 0 saturated heterocycles. The van der Waals surface area contributed by atoms with Crippen molar-refractivity contribution in [2.24, 2.45) is 0 Å². The molecule has 164 valence electrons. The fourth-order valence-electron chi connectivity index (χ4n) is 4.34. The van der Waals surface area contributed by atoms with Crippen LogP contribution in [0.4, 0.5) is 0 Å². The Balaban J connectivity index is 0.000000995. The average molecular weight is 620 g/mol. The van der Waals surface area contributed by atoms with Gasteiger partial charge in [-0.2, -0.15) is 35.9 Å². The van der Waals surface area contributed by atoms with Crippen LogP contribution >= 0.6 is 0 Å². The van der Waals surface area contributed by atoms with Crippen molar-refractivity contribution in [2.75, 3.05) is 0 Å². The molecule has 1 aliphatic carbocycles. The maximum Gasteiger partial charge on any atom is 4.00 e. The molecular weight excluding hydrogens is 586 g/mol. The van der Waals surface area contributed by atoms with Crippen LogP contribution in [0.3, 0.4) is 0 Å². The molecule has 0 amide bonds. The van der Waals surface area contributed by atoms with Gasteiger partial charge in [0.15, 0.2) is 0 Å². The van der Waals surface area contributed by atoms with Crippen LogP contribution in [0.5, 0.6) is 0 Å². The van der Waals surface area contributed by atoms with Crippen LogP contribution in [-0.2, 0) is 43.1 Å². The molecule has 0 atom stereocenters. The first-order chi connectivity index (χ1) is 13.0. The number of halogens is 2. The van der Waals surface area contributed by atoms with E-state index >= 15 is 0 Å². The van der Waals surface area contributed by atoms with Gasteiger partial charge in [-0.05, 0) is 35.4 Å². The summed E-state index contributed by atoms with van der Waals surface area (Å²) in [6.45, 7) is 18.2. The molecule has 3 aromatic carbocycles. The average Bonchev–Trinajstić information content (AvgIpc) is 3.21. The molecule has 0 heterocycles. The standard InChI is InChI=1S/C23H29.C5H5.2ClH.Hf/c1-14-9-16-11-17-10-15(2)21(23(6,7)8)13-19(17)18(16)12-20(14)22(3,4)5;1-2-4-5-3-1;;;/h9,12-13H,11H2,1-8H3;1-5H;2*1H;/q2*-1;;;+4/p-2. The van der Waals surface area contributed by atoms with Crippen LogP contribution in [-0.4, -0.2) is 0 Å². The van der Waals surface area contributed by atoms with E-state index in [1.54, 1.807) is 0 Å². The SMILES string of the molecule is Cc1[c-]c2c(cc1C(C)(C)C)-c1cc(C(C)(C)C)c(C)cc1C2.[Cl-].[Cl-].[Hf+4].c1cc[cH-]c1. The van der Waals surface area contributed by atoms with Crippen LogP contribution in [0.2, 0.25) is 0 Å². The maximum absolute atomic E-state index is 3.69. The quantitative estimate of drug-likeness (QED) is 0.208. The van der Waals surface area contributed by atoms with Crippen LogP contribution in [0.15, 0.2) is 48.5 Å². The first kappa shape index (κ1) is 30.2. The molecule has 0 aromatic heterocycles. The first-order valence-corrected chi connectivity index (χ1v) is 10.4. The number of fused-ring (bicyclic) bond motifs is 3. The zero-order chi connectivity index (χ0) is 20.7. The molecule has 0 unspecified atom stereocenters. The smallest absolute Gasteiger partial charge is 1.00 e. The van der Waals surface area contributed by atoms with Crippen molar-refractivity contribution in [3.8, 4) is 11.1 Å². The normalized spacial score (nSPS) is 11.6. The van der Waals surface area contributed by atoms with Gasteiger partial charge >= 0.3 is 25.8 Å². The predicted molar refractivity (Wildman–Crippen MR) is 122 cm³/mol. The molecule has 0 radical (unpaired) electrons. The zero-order valence-electron chi connectivity index (χ0n) is 20.1. The second-order valence-corrected chi connectivity index (χ2v) is 10.2. The summed E-state index contributed by atoms with van der Waals surface area (Å²) in [7, 11) is 0. The van der Waals surface area contributed by atoms with E-state index in [2.05, 4.69) is 79.7 Å². The fraction of sp³-hybridized carbons (Fsp3) is 0.393. The summed E-state index contributed by atoms with van der Waals surface area (Å²) in [5.74, 6) is 0. The molecule has 0 spiro atoms. The number of hydrogen-bond acceptors (Lipinski definition) is 0. The van der Waals surface area contributed by atoms with Gasteiger partial charge in [-0.15, -0.1) is 16.7 Å². The molecule has 4 rings (SSSR count). The Morgan fingerprint density at radius 2 is 1.29 bits per heavy atom. The summed E-state index contributed by atoms with van der Waals surface area (Å²) in [5.41, 5.74) is 11.6. The van der Waals surface area contributed by atoms with Crippen LogP contribution < -0.4 is 24.8 Å². The van der Waals surface area contributed by atoms with Crippen LogP contribution in [0.1, 0.15) is 74.9 Å². The van der Waals surface area contributed by atoms with E-state index in [0.717, 1.165) is 6.42 Å². The van der Waals surface area contributed by atoms with E-state index in [9.17, 15) is 0 Å². The summed E-state index contributed by atoms with van der Waals surface area (Å²) in [5, 5.41) is 0. The van der Waals surface area contributed by atoms with Crippen molar-refractivity contribution in [1.29, 1.82) is 0 Å². The molecular formula is C28H34Cl2Hf. The van der Waals surface area contributed by atoms with Crippen molar-refractivity contribution in [3.63, 3.8) is 0 Å². The van der Waals surface area contributed by atoms with Gasteiger partial charge in [0, 0.05) is 0 Å². The summed E-state index contributed by atoms with van der Waals surface area (Å²) in [6, 6.07) is 20.9. The van der Waals surface area contributed by atoms with Crippen molar-refractivity contribution in [2.45, 2.75) is 72.6 Å². The zero-order valence-corrected chi connectivity index (χ0v) is 25.2. The van der Waals surface area contributed by atoms with Crippen LogP contribution in [0.25, 0.3) is 11.1 Å². The van der Waals surface area contributed by atoms with Gasteiger partial charge in [0.1, 0.15) is 0 Å². The number of rotatable bonds is 0. The second kappa shape index (κ2) is 11.4. The Hall–Kier alpha value is -0.760. The van der Waals surface area contributed by atoms with E-state index in [-0.39, 0.29) is 61.5 Å². The maximum atomic E-state index is 3.69. The topological polar surface area (TPSA) is 0 Å². The van der Waals surface area contributed by atoms with Crippen molar-refractivity contribution < 1.29 is 50.7 Å². The van der Waals surface area contributed by atoms with Gasteiger partial charge in [-0.25, -0.2) is 12.1 Å². The molecule has 0 fully saturated rings. The second-order valence-electron chi connectivity index (χ2n) is 10.2. The molecule has 0 nitrogen and oxygen atoms in total. The van der Waals surface area contributed by atoms with Gasteiger partial charge in [0.25, 0.3) is 0 Å². The Morgan fingerprint density at radius 1 is 0.774 bits per heavy atom. The Kier molecular flexibility index (Phi) is 11.1. The molecule has 0 bridgehead atoms. The molecule has 3 heteroatoms. The van der Waals surface area contributed by atoms with E-state index in [0.29, 0.717) is 0 Å². The van der Waals surface area contributed by atoms with Crippen LogP contribution in [0, 0.1) is 19.9 Å². The third-order valence-corrected chi connectivity index (χ3v) is 5.64. The minimum atomic E-state index is 0. The monoisotopic (exact) mass is 620 g/mol. The summed E-state index contributed by atoms with van der Waals surface area (Å²) < 4.78 is 0. The molecule has 0 N–H and O–H groups in total. The Bertz CT molecular complexity index is 887. The predicted octanol–water partition coefficient (Wildman–Crippen LogP) is 1.68. The Morgan fingerprint density at radius 3 is 1.74 bits per heavy atom. The molecule has 3 aromatic rings. The summed E-state index contributed by atoms with van der Waals surface area (Å²) >= 11 is 0. The number of hydrogen-bond donors (Lipinski definition) is 0. The third kappa shape index (κ3) is 6.86. The molecule has 31 heavy (non-hydrogen) atoms. The minimum Gasteiger partial charge on any atom is -1.00 e. The number of benzene rings is 2. The van der Waals surface area contributed by atoms with Gasteiger partial charge in [-0.3, -0.25) is 0 Å². The first-order valence-electron chi connectivity index (χ1n) is 10.4. The van der Waals surface area contributed by atoms with Crippen molar-refractivity contribution >= 4 is 0 Å². The van der Waals surface area contributed by atoms with Gasteiger partial charge < -0.3 is 24.8 Å². The van der Waals surface area contributed by atoms with Crippen molar-refractivity contribution in [1.82, 2.24) is 0 Å². The fourth-order valence-corrected chi connectivity index (χ4v) is 4.34. The van der Waals surface area contributed by atoms with Gasteiger partial charge in [0.05, 0.1) is 0 Å². The van der Waals surface area contributed by atoms with E-state index in [4.69, 9.17) is 0 Å². The molecule has 0 saturated carbocycles. The van der Waals surface area contributed by atoms with E-state index in [1.807, 2.05) is 30.3 Å². The van der Waals surface area contributed by atoms with Gasteiger partial charge in [0.2, 0.25) is 0 Å². The summed E-state index contributed by atoms with van der Waals surface area (Å²) in [6.07, 6.45) is 1.03. The molecule has 0 aliphatic heterocycles. The summed E-state index contributed by atoms with van der Waals surface area (Å²) in [4.78, 5) is 0. The van der Waals surface area contributed by atoms with Gasteiger partial charge in [-0.1, -0.05) is 71.6 Å². The Labute approximate surface area is 221 Å². The number of aryl methyl sites for hydroxylation is 2. The van der Waals surface area contributed by atoms with Crippen molar-refractivity contribution in [3.05, 3.63) is 88.0 Å².